The number of fused-ring (bicyclic) bond motifs is 1. The van der Waals surface area contributed by atoms with Crippen LogP contribution in [0, 0.1) is 0 Å². The highest BCUT2D eigenvalue weighted by Gasteiger charge is 2.19. The summed E-state index contributed by atoms with van der Waals surface area (Å²) in [6, 6.07) is 19.2. The molecule has 1 unspecified atom stereocenters. The van der Waals surface area contributed by atoms with Gasteiger partial charge in [-0.2, -0.15) is 0 Å². The molecule has 4 aromatic rings. The van der Waals surface area contributed by atoms with Gasteiger partial charge in [0.2, 0.25) is 5.91 Å². The van der Waals surface area contributed by atoms with E-state index in [2.05, 4.69) is 15.3 Å². The zero-order valence-electron chi connectivity index (χ0n) is 16.0. The van der Waals surface area contributed by atoms with Crippen molar-refractivity contribution < 1.29 is 9.21 Å². The number of carbonyl (C=O) groups excluding carboxylic acids is 1. The van der Waals surface area contributed by atoms with Crippen LogP contribution in [0.25, 0.3) is 22.5 Å². The van der Waals surface area contributed by atoms with Crippen LogP contribution in [0.3, 0.4) is 0 Å². The summed E-state index contributed by atoms with van der Waals surface area (Å²) in [5.41, 5.74) is 1.64. The second-order valence-electron chi connectivity index (χ2n) is 6.30. The monoisotopic (exact) mass is 421 g/mol. The van der Waals surface area contributed by atoms with Gasteiger partial charge < -0.3 is 9.73 Å². The minimum absolute atomic E-state index is 0.0706. The number of aromatic nitrogens is 2. The standard InChI is InChI=1S/C22H19N3O2S2/c1-14(21(26)24-17-10-5-6-12-19(17)28-2)29-22-15-8-3-4-9-16(15)23-20(25-22)18-11-7-13-27-18/h3-14H,1-2H3,(H,24,26). The van der Waals surface area contributed by atoms with Crippen molar-refractivity contribution in [3.8, 4) is 11.6 Å². The molecular weight excluding hydrogens is 402 g/mol. The van der Waals surface area contributed by atoms with E-state index in [1.165, 1.54) is 11.8 Å². The van der Waals surface area contributed by atoms with Gasteiger partial charge in [-0.15, -0.1) is 11.8 Å². The van der Waals surface area contributed by atoms with Crippen LogP contribution in [0.2, 0.25) is 0 Å². The molecule has 0 saturated heterocycles. The summed E-state index contributed by atoms with van der Waals surface area (Å²) >= 11 is 3.02. The van der Waals surface area contributed by atoms with E-state index in [1.54, 1.807) is 24.1 Å². The minimum atomic E-state index is -0.340. The fourth-order valence-electron chi connectivity index (χ4n) is 2.86. The van der Waals surface area contributed by atoms with Crippen LogP contribution in [0.1, 0.15) is 6.92 Å². The van der Waals surface area contributed by atoms with E-state index >= 15 is 0 Å². The van der Waals surface area contributed by atoms with Gasteiger partial charge in [0.05, 0.1) is 22.7 Å². The number of hydrogen-bond donors (Lipinski definition) is 1. The highest BCUT2D eigenvalue weighted by Crippen LogP contribution is 2.32. The van der Waals surface area contributed by atoms with Gasteiger partial charge in [0.25, 0.3) is 0 Å². The van der Waals surface area contributed by atoms with Crippen molar-refractivity contribution in [2.24, 2.45) is 0 Å². The smallest absolute Gasteiger partial charge is 0.237 e. The van der Waals surface area contributed by atoms with Crippen LogP contribution >= 0.6 is 23.5 Å². The summed E-state index contributed by atoms with van der Waals surface area (Å²) in [7, 11) is 0. The van der Waals surface area contributed by atoms with E-state index in [9.17, 15) is 4.79 Å². The zero-order valence-corrected chi connectivity index (χ0v) is 17.6. The van der Waals surface area contributed by atoms with Crippen LogP contribution < -0.4 is 5.32 Å². The summed E-state index contributed by atoms with van der Waals surface area (Å²) < 4.78 is 5.46. The fourth-order valence-corrected chi connectivity index (χ4v) is 4.35. The lowest BCUT2D eigenvalue weighted by molar-refractivity contribution is -0.115. The quantitative estimate of drug-likeness (QED) is 0.317. The second-order valence-corrected chi connectivity index (χ2v) is 8.47. The molecule has 1 atom stereocenters. The molecule has 2 aromatic heterocycles. The lowest BCUT2D eigenvalue weighted by atomic mass is 10.2. The normalized spacial score (nSPS) is 12.1. The molecule has 5 nitrogen and oxygen atoms in total. The number of hydrogen-bond acceptors (Lipinski definition) is 6. The molecule has 0 aliphatic rings. The highest BCUT2D eigenvalue weighted by molar-refractivity contribution is 8.00. The SMILES string of the molecule is CSc1ccccc1NC(=O)C(C)Sc1nc(-c2ccco2)nc2ccccc12. The third-order valence-corrected chi connectivity index (χ3v) is 6.23. The first-order valence-corrected chi connectivity index (χ1v) is 11.2. The first kappa shape index (κ1) is 19.5. The molecule has 0 aliphatic heterocycles. The van der Waals surface area contributed by atoms with Gasteiger partial charge in [0.1, 0.15) is 5.03 Å². The Morgan fingerprint density at radius 2 is 1.83 bits per heavy atom. The molecule has 7 heteroatoms. The van der Waals surface area contributed by atoms with Crippen LogP contribution in [-0.2, 0) is 4.79 Å². The van der Waals surface area contributed by atoms with E-state index in [0.29, 0.717) is 11.6 Å². The molecule has 1 amide bonds. The molecule has 2 heterocycles. The number of benzene rings is 2. The van der Waals surface area contributed by atoms with Crippen molar-refractivity contribution in [2.45, 2.75) is 22.1 Å². The maximum Gasteiger partial charge on any atom is 0.237 e. The molecule has 1 N–H and O–H groups in total. The molecule has 2 aromatic carbocycles. The molecule has 0 aliphatic carbocycles. The van der Waals surface area contributed by atoms with Crippen LogP contribution in [0.15, 0.2) is 81.3 Å². The van der Waals surface area contributed by atoms with Gasteiger partial charge >= 0.3 is 0 Å². The summed E-state index contributed by atoms with van der Waals surface area (Å²) in [4.78, 5) is 23.1. The summed E-state index contributed by atoms with van der Waals surface area (Å²) in [6.07, 6.45) is 3.59. The van der Waals surface area contributed by atoms with Crippen molar-refractivity contribution in [1.29, 1.82) is 0 Å². The molecule has 0 spiro atoms. The Hall–Kier alpha value is -2.77. The van der Waals surface area contributed by atoms with Crippen LogP contribution in [0.4, 0.5) is 5.69 Å². The van der Waals surface area contributed by atoms with E-state index in [-0.39, 0.29) is 11.2 Å². The first-order chi connectivity index (χ1) is 14.2. The topological polar surface area (TPSA) is 68.0 Å². The highest BCUT2D eigenvalue weighted by atomic mass is 32.2. The average molecular weight is 422 g/mol. The molecule has 4 rings (SSSR count). The Morgan fingerprint density at radius 3 is 2.62 bits per heavy atom. The predicted octanol–water partition coefficient (Wildman–Crippen LogP) is 5.73. The summed E-state index contributed by atoms with van der Waals surface area (Å²) in [6.45, 7) is 1.88. The maximum absolute atomic E-state index is 12.8. The Labute approximate surface area is 177 Å². The Morgan fingerprint density at radius 1 is 1.03 bits per heavy atom. The zero-order chi connectivity index (χ0) is 20.2. The van der Waals surface area contributed by atoms with Gasteiger partial charge in [0, 0.05) is 10.3 Å². The van der Waals surface area contributed by atoms with Gasteiger partial charge in [-0.25, -0.2) is 9.97 Å². The van der Waals surface area contributed by atoms with Gasteiger partial charge in [-0.05, 0) is 43.5 Å². The van der Waals surface area contributed by atoms with E-state index in [4.69, 9.17) is 4.42 Å². The number of anilines is 1. The average Bonchev–Trinajstić information content (AvgIpc) is 3.29. The van der Waals surface area contributed by atoms with E-state index < -0.39 is 0 Å². The predicted molar refractivity (Wildman–Crippen MR) is 119 cm³/mol. The number of carbonyl (C=O) groups is 1. The largest absolute Gasteiger partial charge is 0.461 e. The van der Waals surface area contributed by atoms with E-state index in [0.717, 1.165) is 26.5 Å². The Kier molecular flexibility index (Phi) is 5.87. The van der Waals surface area contributed by atoms with Gasteiger partial charge in [-0.1, -0.05) is 42.1 Å². The lowest BCUT2D eigenvalue weighted by Crippen LogP contribution is -2.22. The van der Waals surface area contributed by atoms with Crippen molar-refractivity contribution in [1.82, 2.24) is 9.97 Å². The molecule has 29 heavy (non-hydrogen) atoms. The Bertz CT molecular complexity index is 1150. The molecule has 0 bridgehead atoms. The second kappa shape index (κ2) is 8.71. The summed E-state index contributed by atoms with van der Waals surface area (Å²) in [5.74, 6) is 1.04. The van der Waals surface area contributed by atoms with Crippen molar-refractivity contribution in [2.75, 3.05) is 11.6 Å². The molecule has 146 valence electrons. The number of rotatable bonds is 6. The lowest BCUT2D eigenvalue weighted by Gasteiger charge is -2.15. The number of nitrogens with one attached hydrogen (secondary N) is 1. The van der Waals surface area contributed by atoms with Crippen molar-refractivity contribution >= 4 is 46.0 Å². The number of nitrogens with zero attached hydrogens (tertiary/aromatic N) is 2. The number of amides is 1. The molecule has 0 radical (unpaired) electrons. The van der Waals surface area contributed by atoms with E-state index in [1.807, 2.05) is 67.8 Å². The van der Waals surface area contributed by atoms with Crippen LogP contribution in [0.5, 0.6) is 0 Å². The minimum Gasteiger partial charge on any atom is -0.461 e. The first-order valence-electron chi connectivity index (χ1n) is 9.07. The van der Waals surface area contributed by atoms with Crippen molar-refractivity contribution in [3.05, 3.63) is 66.9 Å². The maximum atomic E-state index is 12.8. The third kappa shape index (κ3) is 4.31. The Balaban J connectivity index is 1.62. The fraction of sp³-hybridized carbons (Fsp3) is 0.136. The number of furan rings is 1. The third-order valence-electron chi connectivity index (χ3n) is 4.33. The number of thioether (sulfide) groups is 2. The molecular formula is C22H19N3O2S2. The molecule has 0 saturated carbocycles. The number of para-hydroxylation sites is 2. The molecule has 0 fully saturated rings. The summed E-state index contributed by atoms with van der Waals surface area (Å²) in [5, 5.41) is 4.36. The van der Waals surface area contributed by atoms with Crippen LogP contribution in [-0.4, -0.2) is 27.4 Å². The van der Waals surface area contributed by atoms with Crippen molar-refractivity contribution in [3.63, 3.8) is 0 Å². The van der Waals surface area contributed by atoms with Gasteiger partial charge in [0.15, 0.2) is 11.6 Å². The van der Waals surface area contributed by atoms with Gasteiger partial charge in [-0.3, -0.25) is 4.79 Å².